The van der Waals surface area contributed by atoms with Gasteiger partial charge >= 0.3 is 6.18 Å². The van der Waals surface area contributed by atoms with E-state index in [9.17, 15) is 23.4 Å². The summed E-state index contributed by atoms with van der Waals surface area (Å²) in [6.45, 7) is 0. The topological polar surface area (TPSA) is 78.3 Å². The van der Waals surface area contributed by atoms with E-state index in [1.54, 1.807) is 12.1 Å². The lowest BCUT2D eigenvalue weighted by Gasteiger charge is -2.23. The molecule has 158 valence electrons. The minimum atomic E-state index is -4.54. The molecular weight excluding hydrogens is 395 g/mol. The van der Waals surface area contributed by atoms with Crippen LogP contribution in [-0.4, -0.2) is 32.6 Å². The number of alkyl halides is 3. The highest BCUT2D eigenvalue weighted by Gasteiger charge is 2.31. The minimum absolute atomic E-state index is 0.143. The van der Waals surface area contributed by atoms with E-state index in [0.29, 0.717) is 23.0 Å². The number of nitrogens with zero attached hydrogens (tertiary/aromatic N) is 2. The molecule has 8 heteroatoms. The van der Waals surface area contributed by atoms with Gasteiger partial charge in [0.1, 0.15) is 11.4 Å². The Morgan fingerprint density at radius 3 is 2.40 bits per heavy atom. The summed E-state index contributed by atoms with van der Waals surface area (Å²) in [5.41, 5.74) is -0.460. The molecule has 3 N–H and O–H groups in total. The van der Waals surface area contributed by atoms with Crippen molar-refractivity contribution in [2.24, 2.45) is 0 Å². The molecule has 0 aliphatic heterocycles. The highest BCUT2D eigenvalue weighted by molar-refractivity contribution is 6.00. The molecule has 0 saturated heterocycles. The summed E-state index contributed by atoms with van der Waals surface area (Å²) in [7, 11) is 0. The number of nitrogens with one attached hydrogen (secondary N) is 1. The van der Waals surface area contributed by atoms with Gasteiger partial charge in [0.25, 0.3) is 0 Å². The fourth-order valence-electron chi connectivity index (χ4n) is 3.95. The van der Waals surface area contributed by atoms with Crippen molar-refractivity contribution in [1.29, 1.82) is 0 Å². The first-order chi connectivity index (χ1) is 14.3. The van der Waals surface area contributed by atoms with Crippen molar-refractivity contribution in [3.8, 4) is 17.0 Å². The van der Waals surface area contributed by atoms with Crippen LogP contribution in [0, 0.1) is 0 Å². The number of aromatic nitrogens is 2. The van der Waals surface area contributed by atoms with Gasteiger partial charge in [-0.05, 0) is 31.0 Å². The number of aromatic hydroxyl groups is 1. The van der Waals surface area contributed by atoms with E-state index >= 15 is 0 Å². The van der Waals surface area contributed by atoms with Crippen LogP contribution in [0.15, 0.2) is 42.5 Å². The Kier molecular flexibility index (Phi) is 5.51. The van der Waals surface area contributed by atoms with E-state index in [1.807, 2.05) is 12.1 Å². The second-order valence-corrected chi connectivity index (χ2v) is 7.63. The summed E-state index contributed by atoms with van der Waals surface area (Å²) in [4.78, 5) is 0. The number of benzene rings is 2. The van der Waals surface area contributed by atoms with E-state index in [2.05, 4.69) is 15.5 Å². The van der Waals surface area contributed by atoms with Gasteiger partial charge in [-0.1, -0.05) is 43.5 Å². The van der Waals surface area contributed by atoms with Crippen molar-refractivity contribution in [3.05, 3.63) is 48.0 Å². The van der Waals surface area contributed by atoms with Crippen LogP contribution in [0.2, 0.25) is 0 Å². The van der Waals surface area contributed by atoms with Crippen molar-refractivity contribution < 1.29 is 23.4 Å². The van der Waals surface area contributed by atoms with Crippen LogP contribution in [0.5, 0.6) is 5.75 Å². The lowest BCUT2D eigenvalue weighted by atomic mass is 10.0. The van der Waals surface area contributed by atoms with Gasteiger partial charge in [0.05, 0.1) is 17.7 Å². The molecule has 30 heavy (non-hydrogen) atoms. The Bertz CT molecular complexity index is 1060. The highest BCUT2D eigenvalue weighted by atomic mass is 19.4. The zero-order valence-corrected chi connectivity index (χ0v) is 16.2. The number of phenolic OH excluding ortho intramolecular Hbond substituents is 1. The van der Waals surface area contributed by atoms with Gasteiger partial charge in [-0.25, -0.2) is 0 Å². The Labute approximate surface area is 171 Å². The Morgan fingerprint density at radius 2 is 1.67 bits per heavy atom. The molecule has 4 rings (SSSR count). The lowest BCUT2D eigenvalue weighted by molar-refractivity contribution is -0.137. The number of rotatable bonds is 3. The van der Waals surface area contributed by atoms with Gasteiger partial charge in [0, 0.05) is 16.3 Å². The standard InChI is InChI=1S/C22H22F3N3O2/c23-22(24,25)13-10-11-16(19(30)12-13)20-14-6-4-5-7-15(14)21(28-27-20)26-17-8-2-1-3-9-18(17)29/h4-7,10-12,17-18,29-30H,1-3,8-9H2,(H,26,28)/t17-,18-/m1/s1. The van der Waals surface area contributed by atoms with E-state index in [1.165, 1.54) is 6.07 Å². The van der Waals surface area contributed by atoms with Gasteiger partial charge in [-0.3, -0.25) is 0 Å². The maximum absolute atomic E-state index is 12.9. The monoisotopic (exact) mass is 417 g/mol. The normalized spacial score (nSPS) is 20.1. The number of hydrogen-bond donors (Lipinski definition) is 3. The molecule has 1 saturated carbocycles. The number of fused-ring (bicyclic) bond motifs is 1. The van der Waals surface area contributed by atoms with Crippen molar-refractivity contribution in [2.75, 3.05) is 5.32 Å². The summed E-state index contributed by atoms with van der Waals surface area (Å²) in [5, 5.41) is 33.8. The molecular formula is C22H22F3N3O2. The molecule has 0 spiro atoms. The van der Waals surface area contributed by atoms with E-state index in [-0.39, 0.29) is 11.6 Å². The number of halogens is 3. The molecule has 1 aromatic heterocycles. The van der Waals surface area contributed by atoms with Gasteiger partial charge in [0.15, 0.2) is 5.82 Å². The van der Waals surface area contributed by atoms with Crippen LogP contribution in [0.4, 0.5) is 19.0 Å². The van der Waals surface area contributed by atoms with Gasteiger partial charge < -0.3 is 15.5 Å². The summed E-state index contributed by atoms with van der Waals surface area (Å²) in [6, 6.07) is 9.91. The largest absolute Gasteiger partial charge is 0.507 e. The second-order valence-electron chi connectivity index (χ2n) is 7.63. The van der Waals surface area contributed by atoms with Crippen LogP contribution in [0.1, 0.15) is 37.7 Å². The smallest absolute Gasteiger partial charge is 0.416 e. The SMILES string of the molecule is Oc1cc(C(F)(F)F)ccc1-c1nnc(N[C@@H]2CCCCC[C@H]2O)c2ccccc12. The van der Waals surface area contributed by atoms with Gasteiger partial charge in [-0.2, -0.15) is 13.2 Å². The van der Waals surface area contributed by atoms with Crippen LogP contribution in [-0.2, 0) is 6.18 Å². The number of hydrogen-bond acceptors (Lipinski definition) is 5. The number of phenols is 1. The predicted molar refractivity (Wildman–Crippen MR) is 108 cm³/mol. The van der Waals surface area contributed by atoms with Crippen LogP contribution < -0.4 is 5.32 Å². The fraction of sp³-hybridized carbons (Fsp3) is 0.364. The molecule has 3 aromatic rings. The van der Waals surface area contributed by atoms with E-state index < -0.39 is 23.6 Å². The summed E-state index contributed by atoms with van der Waals surface area (Å²) in [5.74, 6) is -0.00382. The molecule has 5 nitrogen and oxygen atoms in total. The van der Waals surface area contributed by atoms with E-state index in [0.717, 1.165) is 43.6 Å². The molecule has 0 unspecified atom stereocenters. The Morgan fingerprint density at radius 1 is 0.933 bits per heavy atom. The fourth-order valence-corrected chi connectivity index (χ4v) is 3.95. The summed E-state index contributed by atoms with van der Waals surface area (Å²) >= 11 is 0. The average molecular weight is 417 g/mol. The van der Waals surface area contributed by atoms with Crippen LogP contribution in [0.25, 0.3) is 22.0 Å². The molecule has 1 fully saturated rings. The molecule has 1 aliphatic carbocycles. The van der Waals surface area contributed by atoms with Crippen molar-refractivity contribution in [1.82, 2.24) is 10.2 Å². The molecule has 0 bridgehead atoms. The molecule has 2 atom stereocenters. The maximum Gasteiger partial charge on any atom is 0.416 e. The van der Waals surface area contributed by atoms with Crippen LogP contribution in [0.3, 0.4) is 0 Å². The van der Waals surface area contributed by atoms with Crippen molar-refractivity contribution >= 4 is 16.6 Å². The zero-order valence-electron chi connectivity index (χ0n) is 16.2. The van der Waals surface area contributed by atoms with Crippen molar-refractivity contribution in [3.63, 3.8) is 0 Å². The molecule has 0 radical (unpaired) electrons. The number of aliphatic hydroxyl groups excluding tert-OH is 1. The van der Waals surface area contributed by atoms with Gasteiger partial charge in [-0.15, -0.1) is 10.2 Å². The summed E-state index contributed by atoms with van der Waals surface area (Å²) < 4.78 is 38.8. The molecule has 2 aromatic carbocycles. The second kappa shape index (κ2) is 8.10. The Balaban J connectivity index is 1.74. The van der Waals surface area contributed by atoms with Gasteiger partial charge in [0.2, 0.25) is 0 Å². The lowest BCUT2D eigenvalue weighted by Crippen LogP contribution is -2.33. The third-order valence-corrected chi connectivity index (χ3v) is 5.57. The number of anilines is 1. The predicted octanol–water partition coefficient (Wildman–Crippen LogP) is 5.13. The van der Waals surface area contributed by atoms with Crippen LogP contribution >= 0.6 is 0 Å². The third kappa shape index (κ3) is 4.05. The van der Waals surface area contributed by atoms with Crippen molar-refractivity contribution in [2.45, 2.75) is 50.4 Å². The maximum atomic E-state index is 12.9. The average Bonchev–Trinajstić information content (AvgIpc) is 2.92. The first-order valence-electron chi connectivity index (χ1n) is 9.95. The minimum Gasteiger partial charge on any atom is -0.507 e. The quantitative estimate of drug-likeness (QED) is 0.515. The number of aliphatic hydroxyl groups is 1. The zero-order chi connectivity index (χ0) is 21.3. The molecule has 1 aliphatic rings. The first kappa shape index (κ1) is 20.4. The highest BCUT2D eigenvalue weighted by Crippen LogP contribution is 2.39. The molecule has 0 amide bonds. The summed E-state index contributed by atoms with van der Waals surface area (Å²) in [6.07, 6.45) is -0.411. The Hall–Kier alpha value is -2.87. The first-order valence-corrected chi connectivity index (χ1v) is 9.95. The molecule has 1 heterocycles. The van der Waals surface area contributed by atoms with E-state index in [4.69, 9.17) is 0 Å². The third-order valence-electron chi connectivity index (χ3n) is 5.57.